The summed E-state index contributed by atoms with van der Waals surface area (Å²) < 4.78 is 5.46. The molecule has 0 aliphatic carbocycles. The van der Waals surface area contributed by atoms with Crippen LogP contribution in [0.25, 0.3) is 0 Å². The van der Waals surface area contributed by atoms with Gasteiger partial charge in [0.05, 0.1) is 39.0 Å². The highest BCUT2D eigenvalue weighted by Crippen LogP contribution is 2.27. The number of benzene rings is 2. The predicted molar refractivity (Wildman–Crippen MR) is 105 cm³/mol. The van der Waals surface area contributed by atoms with E-state index in [1.54, 1.807) is 19.2 Å². The van der Waals surface area contributed by atoms with E-state index in [0.29, 0.717) is 5.02 Å². The van der Waals surface area contributed by atoms with Crippen LogP contribution in [-0.4, -0.2) is 45.2 Å². The van der Waals surface area contributed by atoms with Crippen molar-refractivity contribution >= 4 is 28.9 Å². The van der Waals surface area contributed by atoms with Crippen molar-refractivity contribution in [2.45, 2.75) is 13.0 Å². The molecule has 1 aliphatic rings. The van der Waals surface area contributed by atoms with Gasteiger partial charge in [-0.2, -0.15) is 0 Å². The van der Waals surface area contributed by atoms with Gasteiger partial charge in [0.25, 0.3) is 5.91 Å². The first-order valence-corrected chi connectivity index (χ1v) is 9.25. The summed E-state index contributed by atoms with van der Waals surface area (Å²) in [5, 5.41) is 3.64. The summed E-state index contributed by atoms with van der Waals surface area (Å²) in [7, 11) is 1.70. The second-order valence-corrected chi connectivity index (χ2v) is 6.97. The molecular formula is C20H25ClN3O2+. The quantitative estimate of drug-likeness (QED) is 0.842. The van der Waals surface area contributed by atoms with E-state index < -0.39 is 0 Å². The molecule has 0 bridgehead atoms. The number of piperazine rings is 1. The van der Waals surface area contributed by atoms with E-state index in [9.17, 15) is 4.79 Å². The molecule has 0 spiro atoms. The molecule has 3 rings (SSSR count). The molecule has 2 aromatic carbocycles. The van der Waals surface area contributed by atoms with E-state index in [2.05, 4.69) is 16.3 Å². The second-order valence-electron chi connectivity index (χ2n) is 6.53. The maximum atomic E-state index is 12.6. The topological polar surface area (TPSA) is 46.0 Å². The molecule has 0 unspecified atom stereocenters. The van der Waals surface area contributed by atoms with Crippen LogP contribution in [-0.2, 0) is 4.79 Å². The lowest BCUT2D eigenvalue weighted by molar-refractivity contribution is -0.914. The van der Waals surface area contributed by atoms with Gasteiger partial charge in [-0.1, -0.05) is 23.7 Å². The number of para-hydroxylation sites is 2. The van der Waals surface area contributed by atoms with Crippen LogP contribution in [0.2, 0.25) is 5.02 Å². The summed E-state index contributed by atoms with van der Waals surface area (Å²) in [4.78, 5) is 16.2. The Balaban J connectivity index is 1.57. The van der Waals surface area contributed by atoms with Crippen LogP contribution in [0.15, 0.2) is 48.5 Å². The second kappa shape index (κ2) is 8.43. The summed E-state index contributed by atoms with van der Waals surface area (Å²) in [5.41, 5.74) is 1.89. The number of carbonyl (C=O) groups excluding carboxylic acids is 1. The third kappa shape index (κ3) is 4.29. The number of quaternary nitrogens is 1. The van der Waals surface area contributed by atoms with Gasteiger partial charge < -0.3 is 19.9 Å². The van der Waals surface area contributed by atoms with Crippen LogP contribution in [0.4, 0.5) is 11.4 Å². The zero-order valence-corrected chi connectivity index (χ0v) is 15.9. The number of ether oxygens (including phenoxy) is 1. The molecular weight excluding hydrogens is 350 g/mol. The van der Waals surface area contributed by atoms with E-state index in [4.69, 9.17) is 16.3 Å². The van der Waals surface area contributed by atoms with Gasteiger partial charge in [0.15, 0.2) is 6.04 Å². The lowest BCUT2D eigenvalue weighted by Crippen LogP contribution is -3.19. The normalized spacial score (nSPS) is 16.2. The highest BCUT2D eigenvalue weighted by molar-refractivity contribution is 6.30. The van der Waals surface area contributed by atoms with Crippen molar-refractivity contribution in [1.29, 1.82) is 0 Å². The highest BCUT2D eigenvalue weighted by Gasteiger charge is 2.30. The molecule has 0 saturated carbocycles. The monoisotopic (exact) mass is 374 g/mol. The molecule has 2 N–H and O–H groups in total. The van der Waals surface area contributed by atoms with E-state index in [1.165, 1.54) is 4.90 Å². The van der Waals surface area contributed by atoms with Crippen LogP contribution in [0.5, 0.6) is 5.75 Å². The number of anilines is 2. The van der Waals surface area contributed by atoms with Crippen molar-refractivity contribution in [2.24, 2.45) is 0 Å². The SMILES string of the molecule is COc1ccccc1N1CC[NH+]([C@@H](C)C(=O)Nc2ccc(Cl)cc2)CC1. The summed E-state index contributed by atoms with van der Waals surface area (Å²) in [6, 6.07) is 15.2. The summed E-state index contributed by atoms with van der Waals surface area (Å²) >= 11 is 5.89. The molecule has 2 aromatic rings. The zero-order chi connectivity index (χ0) is 18.5. The summed E-state index contributed by atoms with van der Waals surface area (Å²) in [5.74, 6) is 0.928. The Kier molecular flexibility index (Phi) is 6.01. The number of hydrogen-bond donors (Lipinski definition) is 2. The maximum absolute atomic E-state index is 12.6. The predicted octanol–water partition coefficient (Wildman–Crippen LogP) is 2.08. The maximum Gasteiger partial charge on any atom is 0.282 e. The number of amides is 1. The fourth-order valence-electron chi connectivity index (χ4n) is 3.33. The molecule has 6 heteroatoms. The highest BCUT2D eigenvalue weighted by atomic mass is 35.5. The molecule has 0 aromatic heterocycles. The van der Waals surface area contributed by atoms with Crippen LogP contribution >= 0.6 is 11.6 Å². The van der Waals surface area contributed by atoms with Crippen molar-refractivity contribution in [3.8, 4) is 5.75 Å². The van der Waals surface area contributed by atoms with Crippen molar-refractivity contribution in [3.05, 3.63) is 53.6 Å². The summed E-state index contributed by atoms with van der Waals surface area (Å²) in [6.45, 7) is 5.60. The van der Waals surface area contributed by atoms with Gasteiger partial charge in [-0.3, -0.25) is 4.79 Å². The third-order valence-corrected chi connectivity index (χ3v) is 5.20. The fourth-order valence-corrected chi connectivity index (χ4v) is 3.45. The Morgan fingerprint density at radius 1 is 1.15 bits per heavy atom. The standard InChI is InChI=1S/C20H24ClN3O2/c1-15(20(25)22-17-9-7-16(21)8-10-17)23-11-13-24(14-12-23)18-5-3-4-6-19(18)26-2/h3-10,15H,11-14H2,1-2H3,(H,22,25)/p+1/t15-/m0/s1. The van der Waals surface area contributed by atoms with E-state index >= 15 is 0 Å². The Hall–Kier alpha value is -2.24. The van der Waals surface area contributed by atoms with E-state index in [1.807, 2.05) is 37.3 Å². The van der Waals surface area contributed by atoms with E-state index in [-0.39, 0.29) is 11.9 Å². The van der Waals surface area contributed by atoms with Crippen LogP contribution in [0, 0.1) is 0 Å². The number of halogens is 1. The lowest BCUT2D eigenvalue weighted by Gasteiger charge is -2.36. The number of nitrogens with zero attached hydrogens (tertiary/aromatic N) is 1. The first-order valence-electron chi connectivity index (χ1n) is 8.87. The number of hydrogen-bond acceptors (Lipinski definition) is 3. The first kappa shape index (κ1) is 18.5. The van der Waals surface area contributed by atoms with Gasteiger partial charge in [0, 0.05) is 10.7 Å². The van der Waals surface area contributed by atoms with Gasteiger partial charge in [0.2, 0.25) is 0 Å². The minimum absolute atomic E-state index is 0.0352. The zero-order valence-electron chi connectivity index (χ0n) is 15.2. The fraction of sp³-hybridized carbons (Fsp3) is 0.350. The minimum atomic E-state index is -0.106. The minimum Gasteiger partial charge on any atom is -0.495 e. The van der Waals surface area contributed by atoms with Gasteiger partial charge in [-0.25, -0.2) is 0 Å². The van der Waals surface area contributed by atoms with Crippen molar-refractivity contribution in [2.75, 3.05) is 43.5 Å². The van der Waals surface area contributed by atoms with Crippen molar-refractivity contribution < 1.29 is 14.4 Å². The van der Waals surface area contributed by atoms with Gasteiger partial charge >= 0.3 is 0 Å². The third-order valence-electron chi connectivity index (χ3n) is 4.95. The van der Waals surface area contributed by atoms with E-state index in [0.717, 1.165) is 43.3 Å². The lowest BCUT2D eigenvalue weighted by atomic mass is 10.2. The average molecular weight is 375 g/mol. The largest absolute Gasteiger partial charge is 0.495 e. The van der Waals surface area contributed by atoms with Gasteiger partial charge in [-0.05, 0) is 43.3 Å². The van der Waals surface area contributed by atoms with Crippen molar-refractivity contribution in [3.63, 3.8) is 0 Å². The van der Waals surface area contributed by atoms with Crippen LogP contribution in [0.1, 0.15) is 6.92 Å². The molecule has 1 saturated heterocycles. The molecule has 1 heterocycles. The van der Waals surface area contributed by atoms with Crippen LogP contribution < -0.4 is 19.9 Å². The number of rotatable bonds is 5. The van der Waals surface area contributed by atoms with Gasteiger partial charge in [0.1, 0.15) is 5.75 Å². The smallest absolute Gasteiger partial charge is 0.282 e. The molecule has 5 nitrogen and oxygen atoms in total. The Labute approximate surface area is 159 Å². The molecule has 1 amide bonds. The first-order chi connectivity index (χ1) is 12.6. The molecule has 1 fully saturated rings. The number of carbonyl (C=O) groups is 1. The molecule has 1 aliphatic heterocycles. The Morgan fingerprint density at radius 3 is 2.46 bits per heavy atom. The number of methoxy groups -OCH3 is 1. The van der Waals surface area contributed by atoms with Crippen LogP contribution in [0.3, 0.4) is 0 Å². The molecule has 1 atom stereocenters. The van der Waals surface area contributed by atoms with Crippen molar-refractivity contribution in [1.82, 2.24) is 0 Å². The Morgan fingerprint density at radius 2 is 1.81 bits per heavy atom. The molecule has 26 heavy (non-hydrogen) atoms. The van der Waals surface area contributed by atoms with Gasteiger partial charge in [-0.15, -0.1) is 0 Å². The molecule has 138 valence electrons. The number of nitrogens with one attached hydrogen (secondary N) is 2. The average Bonchev–Trinajstić information content (AvgIpc) is 2.69. The Bertz CT molecular complexity index is 743. The summed E-state index contributed by atoms with van der Waals surface area (Å²) in [6.07, 6.45) is 0. The molecule has 0 radical (unpaired) electrons.